The highest BCUT2D eigenvalue weighted by molar-refractivity contribution is 7.23. The lowest BCUT2D eigenvalue weighted by Crippen LogP contribution is -2.22. The van der Waals surface area contributed by atoms with Gasteiger partial charge in [-0.2, -0.15) is 13.9 Å². The zero-order valence-corrected chi connectivity index (χ0v) is 18.4. The Morgan fingerprint density at radius 3 is 2.61 bits per heavy atom. The van der Waals surface area contributed by atoms with Crippen molar-refractivity contribution in [3.05, 3.63) is 52.8 Å². The van der Waals surface area contributed by atoms with Crippen molar-refractivity contribution in [2.45, 2.75) is 18.0 Å². The highest BCUT2D eigenvalue weighted by atomic mass is 35.5. The summed E-state index contributed by atoms with van der Waals surface area (Å²) in [6, 6.07) is 0. The van der Waals surface area contributed by atoms with E-state index in [1.54, 1.807) is 25.2 Å². The second-order valence-corrected chi connectivity index (χ2v) is 7.38. The molecule has 0 bridgehead atoms. The highest BCUT2D eigenvalue weighted by Crippen LogP contribution is 2.35. The molecule has 2 N–H and O–H groups in total. The third-order valence-corrected chi connectivity index (χ3v) is 4.42. The number of allylic oxidation sites excluding steroid dienone is 6. The molecule has 1 aromatic rings. The van der Waals surface area contributed by atoms with Gasteiger partial charge in [0, 0.05) is 25.4 Å². The predicted molar refractivity (Wildman–Crippen MR) is 116 cm³/mol. The molecule has 0 aliphatic heterocycles. The van der Waals surface area contributed by atoms with Gasteiger partial charge in [0.15, 0.2) is 5.76 Å². The van der Waals surface area contributed by atoms with E-state index in [1.807, 2.05) is 0 Å². The average molecular weight is 449 g/mol. The smallest absolute Gasteiger partial charge is 0.299 e. The molecule has 3 unspecified atom stereocenters. The van der Waals surface area contributed by atoms with Crippen LogP contribution < -0.4 is 10.7 Å². The Labute approximate surface area is 171 Å². The fourth-order valence-corrected chi connectivity index (χ4v) is 3.15. The molecule has 1 aromatic heterocycles. The van der Waals surface area contributed by atoms with E-state index in [0.29, 0.717) is 10.9 Å². The van der Waals surface area contributed by atoms with Gasteiger partial charge in [0.05, 0.1) is 5.38 Å². The monoisotopic (exact) mass is 448 g/mol. The Kier molecular flexibility index (Phi) is 9.15. The normalized spacial score (nSPS) is 14.5. The number of nitrogens with one attached hydrogen (secondary N) is 2. The van der Waals surface area contributed by atoms with Gasteiger partial charge < -0.3 is 9.84 Å². The van der Waals surface area contributed by atoms with Gasteiger partial charge in [-0.25, -0.2) is 0 Å². The minimum absolute atomic E-state index is 0.0467. The van der Waals surface area contributed by atoms with Crippen LogP contribution in [-0.2, 0) is 0 Å². The van der Waals surface area contributed by atoms with Crippen molar-refractivity contribution in [1.29, 1.82) is 0 Å². The van der Waals surface area contributed by atoms with E-state index < -0.39 is 22.6 Å². The molecule has 0 aliphatic carbocycles. The largest absolute Gasteiger partial charge is 0.355 e. The molecule has 6 nitrogen and oxygen atoms in total. The zero-order valence-electron chi connectivity index (χ0n) is 15.3. The second-order valence-electron chi connectivity index (χ2n) is 5.38. The Morgan fingerprint density at radius 2 is 2.14 bits per heavy atom. The van der Waals surface area contributed by atoms with Crippen LogP contribution in [0.15, 0.2) is 45.4 Å². The van der Waals surface area contributed by atoms with Gasteiger partial charge in [-0.1, -0.05) is 39.2 Å². The van der Waals surface area contributed by atoms with Gasteiger partial charge in [-0.05, 0) is 12.2 Å². The van der Waals surface area contributed by atoms with Gasteiger partial charge in [0.1, 0.15) is 17.0 Å². The molecule has 0 saturated carbocycles. The molecule has 1 amide bonds. The summed E-state index contributed by atoms with van der Waals surface area (Å²) in [6.45, 7) is 8.41. The fraction of sp³-hybridized carbons (Fsp3) is 0.235. The summed E-state index contributed by atoms with van der Waals surface area (Å²) in [5.41, 5.74) is -1.38. The number of hydrazone groups is 1. The van der Waals surface area contributed by atoms with Crippen LogP contribution in [0.1, 0.15) is 28.7 Å². The van der Waals surface area contributed by atoms with Crippen molar-refractivity contribution in [2.24, 2.45) is 5.10 Å². The summed E-state index contributed by atoms with van der Waals surface area (Å²) in [7, 11) is 5.24. The Morgan fingerprint density at radius 1 is 1.50 bits per heavy atom. The summed E-state index contributed by atoms with van der Waals surface area (Å²) >= 11 is 6.29. The van der Waals surface area contributed by atoms with Crippen LogP contribution in [0, 0.1) is 0 Å². The van der Waals surface area contributed by atoms with Crippen molar-refractivity contribution in [3.8, 4) is 0 Å². The first-order valence-corrected chi connectivity index (χ1v) is 9.43. The summed E-state index contributed by atoms with van der Waals surface area (Å²) in [4.78, 5) is 12.5. The van der Waals surface area contributed by atoms with Crippen LogP contribution >= 0.6 is 30.1 Å². The molecule has 0 spiro atoms. The topological polar surface area (TPSA) is 79.5 Å². The molecule has 0 aromatic carbocycles. The van der Waals surface area contributed by atoms with E-state index in [4.69, 9.17) is 16.1 Å². The zero-order chi connectivity index (χ0) is 21.5. The first-order valence-electron chi connectivity index (χ1n) is 7.83. The first kappa shape index (κ1) is 24.2. The van der Waals surface area contributed by atoms with Crippen LogP contribution in [-0.4, -0.2) is 35.9 Å². The van der Waals surface area contributed by atoms with Gasteiger partial charge >= 0.3 is 0 Å². The molecular weight excluding hydrogens is 428 g/mol. The lowest BCUT2D eigenvalue weighted by molar-refractivity contribution is 0.0961. The Hall–Kier alpha value is -1.88. The first-order chi connectivity index (χ1) is 13.1. The Balaban J connectivity index is 3.77. The lowest BCUT2D eigenvalue weighted by Gasteiger charge is -2.14. The Bertz CT molecular complexity index is 843. The van der Waals surface area contributed by atoms with E-state index in [-0.39, 0.29) is 17.0 Å². The maximum absolute atomic E-state index is 13.8. The SMILES string of the molecule is C=C/C=C\C(P)=C(\c1noc(/C=C(/NN=C)C(F)(F)P)c1C(=O)NC)C(C)Cl. The average Bonchev–Trinajstić information content (AvgIpc) is 3.01. The minimum Gasteiger partial charge on any atom is -0.355 e. The minimum atomic E-state index is -3.37. The van der Waals surface area contributed by atoms with Crippen molar-refractivity contribution in [2.75, 3.05) is 7.05 Å². The van der Waals surface area contributed by atoms with Crippen LogP contribution in [0.2, 0.25) is 0 Å². The van der Waals surface area contributed by atoms with Crippen LogP contribution in [0.3, 0.4) is 0 Å². The quantitative estimate of drug-likeness (QED) is 0.197. The van der Waals surface area contributed by atoms with E-state index in [1.165, 1.54) is 16.3 Å². The van der Waals surface area contributed by atoms with Crippen molar-refractivity contribution in [3.63, 3.8) is 0 Å². The maximum atomic E-state index is 13.8. The third-order valence-electron chi connectivity index (χ3n) is 3.38. The molecule has 28 heavy (non-hydrogen) atoms. The fourth-order valence-electron chi connectivity index (χ4n) is 2.17. The number of hydrogen-bond donors (Lipinski definition) is 2. The van der Waals surface area contributed by atoms with Gasteiger partial charge in [0.2, 0.25) is 0 Å². The number of carbonyl (C=O) groups excluding carboxylic acids is 1. The molecule has 0 fully saturated rings. The second kappa shape index (κ2) is 10.6. The number of carbonyl (C=O) groups is 1. The standard InChI is InChI=1S/C17H21ClF2N4O2P2/c1-5-6-7-11(27)13(9(2)18)15-14(16(25)21-3)10(26-24-15)8-12(23-22-4)17(19,20)28/h5-9,23H,1,4,27-28H2,2-3H3,(H,21,25)/b7-6-,12-8+,13-11-. The van der Waals surface area contributed by atoms with Crippen molar-refractivity contribution >= 4 is 54.4 Å². The molecule has 0 saturated heterocycles. The van der Waals surface area contributed by atoms with Crippen molar-refractivity contribution < 1.29 is 18.1 Å². The number of amides is 1. The van der Waals surface area contributed by atoms with Crippen molar-refractivity contribution in [1.82, 2.24) is 15.9 Å². The van der Waals surface area contributed by atoms with Crippen LogP contribution in [0.4, 0.5) is 8.78 Å². The van der Waals surface area contributed by atoms with E-state index in [9.17, 15) is 13.6 Å². The number of hydrogen-bond acceptors (Lipinski definition) is 5. The molecule has 0 radical (unpaired) electrons. The number of nitrogens with zero attached hydrogens (tertiary/aromatic N) is 2. The highest BCUT2D eigenvalue weighted by Gasteiger charge is 2.31. The number of rotatable bonds is 9. The van der Waals surface area contributed by atoms with Gasteiger partial charge in [-0.3, -0.25) is 10.2 Å². The summed E-state index contributed by atoms with van der Waals surface area (Å²) in [6.07, 6.45) is 5.88. The summed E-state index contributed by atoms with van der Waals surface area (Å²) < 4.78 is 32.7. The van der Waals surface area contributed by atoms with Gasteiger partial charge in [-0.15, -0.1) is 20.8 Å². The molecule has 11 heteroatoms. The molecule has 0 aliphatic rings. The molecular formula is C17H21ClF2N4O2P2. The maximum Gasteiger partial charge on any atom is 0.299 e. The van der Waals surface area contributed by atoms with E-state index in [0.717, 1.165) is 6.08 Å². The van der Waals surface area contributed by atoms with Crippen LogP contribution in [0.5, 0.6) is 0 Å². The molecule has 1 heterocycles. The predicted octanol–water partition coefficient (Wildman–Crippen LogP) is 4.00. The van der Waals surface area contributed by atoms with E-state index >= 15 is 0 Å². The number of aromatic nitrogens is 1. The summed E-state index contributed by atoms with van der Waals surface area (Å²) in [5.74, 6) is -0.774. The number of alkyl halides is 3. The van der Waals surface area contributed by atoms with Crippen LogP contribution in [0.25, 0.3) is 11.6 Å². The molecule has 152 valence electrons. The molecule has 3 atom stereocenters. The van der Waals surface area contributed by atoms with Gasteiger partial charge in [0.25, 0.3) is 11.6 Å². The van der Waals surface area contributed by atoms with E-state index in [2.05, 4.69) is 43.5 Å². The number of halogens is 3. The molecule has 1 rings (SSSR count). The third kappa shape index (κ3) is 6.06. The lowest BCUT2D eigenvalue weighted by atomic mass is 10.0. The summed E-state index contributed by atoms with van der Waals surface area (Å²) in [5, 5.41) is 9.66.